The van der Waals surface area contributed by atoms with E-state index in [-0.39, 0.29) is 18.4 Å². The van der Waals surface area contributed by atoms with Crippen LogP contribution in [0.2, 0.25) is 5.02 Å². The minimum Gasteiger partial charge on any atom is -0.406 e. The first-order valence-corrected chi connectivity index (χ1v) is 11.4. The Labute approximate surface area is 217 Å². The van der Waals surface area contributed by atoms with E-state index in [1.54, 1.807) is 0 Å². The van der Waals surface area contributed by atoms with E-state index < -0.39 is 70.5 Å². The van der Waals surface area contributed by atoms with E-state index in [1.807, 2.05) is 0 Å². The van der Waals surface area contributed by atoms with Gasteiger partial charge in [0.2, 0.25) is 11.8 Å². The highest BCUT2D eigenvalue weighted by atomic mass is 35.5. The fourth-order valence-corrected chi connectivity index (χ4v) is 4.14. The van der Waals surface area contributed by atoms with Gasteiger partial charge < -0.3 is 10.1 Å². The van der Waals surface area contributed by atoms with Gasteiger partial charge in [-0.15, -0.1) is 13.2 Å². The molecule has 3 rings (SSSR count). The van der Waals surface area contributed by atoms with Gasteiger partial charge in [0.25, 0.3) is 11.5 Å². The zero-order chi connectivity index (χ0) is 27.6. The molecule has 0 bridgehead atoms. The molecule has 0 unspecified atom stereocenters. The van der Waals surface area contributed by atoms with Crippen LogP contribution in [0.1, 0.15) is 31.2 Å². The summed E-state index contributed by atoms with van der Waals surface area (Å²) in [7, 11) is 6.43. The number of hydrogen-bond donors (Lipinski definition) is 1. The van der Waals surface area contributed by atoms with E-state index in [9.17, 15) is 35.9 Å². The highest BCUT2D eigenvalue weighted by Crippen LogP contribution is 2.40. The lowest BCUT2D eigenvalue weighted by Gasteiger charge is -2.42. The van der Waals surface area contributed by atoms with Gasteiger partial charge in [-0.25, -0.2) is 23.1 Å². The molecule has 198 valence electrons. The first-order chi connectivity index (χ1) is 17.1. The highest BCUT2D eigenvalue weighted by Gasteiger charge is 2.48. The first kappa shape index (κ1) is 28.8. The Kier molecular flexibility index (Phi) is 8.52. The number of carbonyl (C=O) groups excluding carboxylic acids is 2. The molecule has 1 aliphatic carbocycles. The van der Waals surface area contributed by atoms with E-state index in [4.69, 9.17) is 31.0 Å². The number of rotatable bonds is 7. The number of aromatic nitrogens is 2. The van der Waals surface area contributed by atoms with Gasteiger partial charge in [-0.2, -0.15) is 0 Å². The summed E-state index contributed by atoms with van der Waals surface area (Å²) in [6.07, 6.45) is -3.25. The lowest BCUT2D eigenvalue weighted by atomic mass is 9.69. The molecule has 16 heteroatoms. The Balaban J connectivity index is 2.10. The molecule has 7 nitrogen and oxygen atoms in total. The Hall–Kier alpha value is -2.74. The maximum Gasteiger partial charge on any atom is 0.573 e. The van der Waals surface area contributed by atoms with Gasteiger partial charge in [0, 0.05) is 42.9 Å². The average Bonchev–Trinajstić information content (AvgIpc) is 2.81. The molecule has 1 aromatic carbocycles. The number of carbonyl (C=O) groups is 2. The Morgan fingerprint density at radius 3 is 2.30 bits per heavy atom. The smallest absolute Gasteiger partial charge is 0.406 e. The SMILES string of the molecule is [B][C@](C(=O)NC1CCC(F)(F)CC1)(c1cncnc1)N(C(=O)[C@H](F)Cl)c1ccc(OC(F)(F)F)cc1Cl. The van der Waals surface area contributed by atoms with Crippen molar-refractivity contribution < 1.29 is 40.7 Å². The van der Waals surface area contributed by atoms with Crippen LogP contribution in [0.25, 0.3) is 0 Å². The first-order valence-electron chi connectivity index (χ1n) is 10.5. The standard InChI is InChI=1S/C21H17BCl2F6N4O3/c22-20(11-8-31-10-32-9-11,18(36)33-12-3-5-19(26,27)6-4-12)34(17(35)16(24)25)15-2-1-13(7-14(15)23)37-21(28,29)30/h1-2,7-10,12,16H,3-6H2,(H,33,36)/t16-,20+/m0/s1. The van der Waals surface area contributed by atoms with Gasteiger partial charge in [-0.1, -0.05) is 23.2 Å². The second-order valence-electron chi connectivity index (χ2n) is 8.13. The topological polar surface area (TPSA) is 84.4 Å². The molecule has 1 saturated carbocycles. The molecule has 0 aliphatic heterocycles. The molecule has 2 amide bonds. The number of alkyl halides is 7. The van der Waals surface area contributed by atoms with Gasteiger partial charge in [-0.05, 0) is 25.0 Å². The lowest BCUT2D eigenvalue weighted by molar-refractivity contribution is -0.274. The monoisotopic (exact) mass is 568 g/mol. The zero-order valence-electron chi connectivity index (χ0n) is 18.6. The van der Waals surface area contributed by atoms with Crippen molar-refractivity contribution in [3.63, 3.8) is 0 Å². The van der Waals surface area contributed by atoms with Crippen molar-refractivity contribution in [2.24, 2.45) is 0 Å². The van der Waals surface area contributed by atoms with Crippen LogP contribution in [0.4, 0.5) is 32.0 Å². The molecule has 1 aromatic heterocycles. The van der Waals surface area contributed by atoms with Crippen LogP contribution in [0.5, 0.6) is 5.75 Å². The number of halogens is 8. The van der Waals surface area contributed by atoms with Crippen molar-refractivity contribution in [3.05, 3.63) is 47.5 Å². The van der Waals surface area contributed by atoms with Gasteiger partial charge >= 0.3 is 6.36 Å². The molecule has 1 aliphatic rings. The predicted molar refractivity (Wildman–Crippen MR) is 121 cm³/mol. The number of benzene rings is 1. The van der Waals surface area contributed by atoms with E-state index in [0.29, 0.717) is 11.0 Å². The number of ether oxygens (including phenoxy) is 1. The summed E-state index contributed by atoms with van der Waals surface area (Å²) in [4.78, 5) is 34.3. The van der Waals surface area contributed by atoms with Crippen LogP contribution in [-0.4, -0.2) is 53.6 Å². The van der Waals surface area contributed by atoms with E-state index >= 15 is 0 Å². The summed E-state index contributed by atoms with van der Waals surface area (Å²) in [6.45, 7) is 0. The molecular formula is C21H17BCl2F6N4O3. The molecule has 2 radical (unpaired) electrons. The number of nitrogens with zero attached hydrogens (tertiary/aromatic N) is 3. The summed E-state index contributed by atoms with van der Waals surface area (Å²) < 4.78 is 83.0. The maximum absolute atomic E-state index is 14.2. The molecule has 2 aromatic rings. The Morgan fingerprint density at radius 1 is 1.19 bits per heavy atom. The van der Waals surface area contributed by atoms with E-state index in [2.05, 4.69) is 20.0 Å². The second-order valence-corrected chi connectivity index (χ2v) is 8.92. The lowest BCUT2D eigenvalue weighted by Crippen LogP contribution is -2.62. The summed E-state index contributed by atoms with van der Waals surface area (Å²) in [5, 5.41) is 1.88. The number of amides is 2. The van der Waals surface area contributed by atoms with Crippen LogP contribution >= 0.6 is 23.2 Å². The minimum absolute atomic E-state index is 0.125. The number of nitrogens with one attached hydrogen (secondary N) is 1. The van der Waals surface area contributed by atoms with E-state index in [0.717, 1.165) is 30.9 Å². The zero-order valence-corrected chi connectivity index (χ0v) is 20.1. The summed E-state index contributed by atoms with van der Waals surface area (Å²) >= 11 is 11.5. The third-order valence-electron chi connectivity index (χ3n) is 5.55. The van der Waals surface area contributed by atoms with Gasteiger partial charge in [-0.3, -0.25) is 14.5 Å². The molecule has 2 atom stereocenters. The summed E-state index contributed by atoms with van der Waals surface area (Å²) in [6, 6.07) is 1.46. The Bertz CT molecular complexity index is 1140. The van der Waals surface area contributed by atoms with Crippen LogP contribution in [-0.2, 0) is 15.0 Å². The minimum atomic E-state index is -5.07. The van der Waals surface area contributed by atoms with Gasteiger partial charge in [0.15, 0.2) is 0 Å². The van der Waals surface area contributed by atoms with Crippen molar-refractivity contribution in [3.8, 4) is 5.75 Å². The third-order valence-corrected chi connectivity index (χ3v) is 6.04. The van der Waals surface area contributed by atoms with Crippen molar-refractivity contribution in [1.29, 1.82) is 0 Å². The predicted octanol–water partition coefficient (Wildman–Crippen LogP) is 4.61. The highest BCUT2D eigenvalue weighted by molar-refractivity contribution is 6.40. The molecule has 0 saturated heterocycles. The largest absolute Gasteiger partial charge is 0.573 e. The number of anilines is 1. The fourth-order valence-electron chi connectivity index (χ4n) is 3.78. The van der Waals surface area contributed by atoms with Crippen molar-refractivity contribution in [2.45, 2.75) is 55.1 Å². The van der Waals surface area contributed by atoms with Crippen molar-refractivity contribution >= 4 is 48.5 Å². The van der Waals surface area contributed by atoms with Crippen LogP contribution < -0.4 is 15.0 Å². The second kappa shape index (κ2) is 10.9. The van der Waals surface area contributed by atoms with Gasteiger partial charge in [0.1, 0.15) is 25.4 Å². The van der Waals surface area contributed by atoms with E-state index in [1.165, 1.54) is 0 Å². The van der Waals surface area contributed by atoms with Crippen LogP contribution in [0.3, 0.4) is 0 Å². The van der Waals surface area contributed by atoms with Crippen molar-refractivity contribution in [2.75, 3.05) is 4.90 Å². The van der Waals surface area contributed by atoms with Crippen LogP contribution in [0, 0.1) is 0 Å². The molecule has 37 heavy (non-hydrogen) atoms. The Morgan fingerprint density at radius 2 is 1.78 bits per heavy atom. The van der Waals surface area contributed by atoms with Gasteiger partial charge in [0.05, 0.1) is 10.7 Å². The molecular weight excluding hydrogens is 552 g/mol. The molecule has 1 fully saturated rings. The normalized spacial score (nSPS) is 18.4. The maximum atomic E-state index is 14.2. The summed E-state index contributed by atoms with van der Waals surface area (Å²) in [5.41, 5.74) is -6.24. The molecule has 1 N–H and O–H groups in total. The van der Waals surface area contributed by atoms with Crippen molar-refractivity contribution in [1.82, 2.24) is 15.3 Å². The quantitative estimate of drug-likeness (QED) is 0.299. The fraction of sp³-hybridized carbons (Fsp3) is 0.429. The number of hydrogen-bond acceptors (Lipinski definition) is 5. The molecule has 1 heterocycles. The van der Waals surface area contributed by atoms with Crippen LogP contribution in [0.15, 0.2) is 36.9 Å². The average molecular weight is 569 g/mol. The summed E-state index contributed by atoms with van der Waals surface area (Å²) in [5.74, 6) is -6.46. The molecule has 0 spiro atoms. The third kappa shape index (κ3) is 6.78.